The minimum Gasteiger partial charge on any atom is -0.478 e. The Labute approximate surface area is 126 Å². The van der Waals surface area contributed by atoms with Gasteiger partial charge in [-0.15, -0.1) is 0 Å². The van der Waals surface area contributed by atoms with Gasteiger partial charge in [0.1, 0.15) is 11.6 Å². The van der Waals surface area contributed by atoms with E-state index in [2.05, 4.69) is 5.32 Å². The van der Waals surface area contributed by atoms with Crippen molar-refractivity contribution in [2.45, 2.75) is 6.04 Å². The molecule has 0 aliphatic carbocycles. The number of aromatic carboxylic acids is 1. The van der Waals surface area contributed by atoms with E-state index in [4.69, 9.17) is 22.4 Å². The van der Waals surface area contributed by atoms with Gasteiger partial charge in [0.25, 0.3) is 0 Å². The van der Waals surface area contributed by atoms with Gasteiger partial charge >= 0.3 is 5.97 Å². The number of carbonyl (C=O) groups excluding carboxylic acids is 1. The number of carboxylic acid groups (broad SMARTS) is 1. The second kappa shape index (κ2) is 6.39. The van der Waals surface area contributed by atoms with Crippen molar-refractivity contribution in [1.82, 2.24) is 0 Å². The molecule has 0 saturated heterocycles. The summed E-state index contributed by atoms with van der Waals surface area (Å²) in [4.78, 5) is 23.3. The van der Waals surface area contributed by atoms with Gasteiger partial charge < -0.3 is 16.2 Å². The first-order chi connectivity index (χ1) is 10.0. The van der Waals surface area contributed by atoms with Crippen LogP contribution in [0.15, 0.2) is 48.5 Å². The maximum atomic E-state index is 12.1. The van der Waals surface area contributed by atoms with E-state index < -0.39 is 17.9 Å². The Morgan fingerprint density at radius 2 is 1.76 bits per heavy atom. The van der Waals surface area contributed by atoms with Gasteiger partial charge in [0.2, 0.25) is 5.91 Å². The van der Waals surface area contributed by atoms with E-state index >= 15 is 0 Å². The molecule has 21 heavy (non-hydrogen) atoms. The molecular weight excluding hydrogens is 292 g/mol. The zero-order valence-electron chi connectivity index (χ0n) is 10.9. The van der Waals surface area contributed by atoms with Crippen molar-refractivity contribution in [1.29, 1.82) is 0 Å². The van der Waals surface area contributed by atoms with Crippen LogP contribution in [0.3, 0.4) is 0 Å². The quantitative estimate of drug-likeness (QED) is 0.809. The third-order valence-corrected chi connectivity index (χ3v) is 3.24. The number of nitrogens with one attached hydrogen (secondary N) is 1. The summed E-state index contributed by atoms with van der Waals surface area (Å²) < 4.78 is 0. The molecule has 2 rings (SSSR count). The van der Waals surface area contributed by atoms with Crippen LogP contribution in [0, 0.1) is 0 Å². The van der Waals surface area contributed by atoms with Crippen LogP contribution in [0.1, 0.15) is 22.0 Å². The Morgan fingerprint density at radius 3 is 2.38 bits per heavy atom. The Bertz CT molecular complexity index is 674. The van der Waals surface area contributed by atoms with Crippen LogP contribution in [0.2, 0.25) is 5.02 Å². The minimum atomic E-state index is -1.22. The maximum absolute atomic E-state index is 12.1. The number of hydrogen-bond acceptors (Lipinski definition) is 3. The fraction of sp³-hybridized carbons (Fsp3) is 0.0667. The largest absolute Gasteiger partial charge is 0.478 e. The molecule has 0 bridgehead atoms. The molecular formula is C15H13ClN2O3. The molecule has 1 atom stereocenters. The van der Waals surface area contributed by atoms with E-state index in [9.17, 15) is 9.59 Å². The van der Waals surface area contributed by atoms with E-state index in [0.717, 1.165) is 0 Å². The van der Waals surface area contributed by atoms with Gasteiger partial charge in [-0.1, -0.05) is 48.0 Å². The molecule has 2 aromatic rings. The van der Waals surface area contributed by atoms with Crippen LogP contribution in [-0.4, -0.2) is 17.0 Å². The molecule has 108 valence electrons. The van der Waals surface area contributed by atoms with E-state index in [1.165, 1.54) is 12.1 Å². The number of carboxylic acids is 1. The molecule has 0 aromatic heterocycles. The Morgan fingerprint density at radius 1 is 1.10 bits per heavy atom. The second-order valence-corrected chi connectivity index (χ2v) is 4.75. The molecule has 0 unspecified atom stereocenters. The molecule has 0 spiro atoms. The summed E-state index contributed by atoms with van der Waals surface area (Å²) >= 11 is 5.84. The topological polar surface area (TPSA) is 92.4 Å². The average Bonchev–Trinajstić information content (AvgIpc) is 2.47. The summed E-state index contributed by atoms with van der Waals surface area (Å²) in [6.45, 7) is 0. The lowest BCUT2D eigenvalue weighted by molar-refractivity contribution is -0.117. The number of halogens is 1. The molecule has 1 amide bonds. The van der Waals surface area contributed by atoms with Crippen LogP contribution in [0.5, 0.6) is 0 Å². The molecule has 2 aromatic carbocycles. The lowest BCUT2D eigenvalue weighted by atomic mass is 10.1. The van der Waals surface area contributed by atoms with Crippen molar-refractivity contribution in [2.75, 3.05) is 5.32 Å². The first kappa shape index (κ1) is 15.0. The molecule has 6 heteroatoms. The van der Waals surface area contributed by atoms with Crippen molar-refractivity contribution in [2.24, 2.45) is 5.73 Å². The third-order valence-electron chi connectivity index (χ3n) is 2.93. The summed E-state index contributed by atoms with van der Waals surface area (Å²) in [5.41, 5.74) is 6.45. The lowest BCUT2D eigenvalue weighted by Gasteiger charge is -2.14. The van der Waals surface area contributed by atoms with Gasteiger partial charge in [0.15, 0.2) is 0 Å². The molecule has 0 fully saturated rings. The van der Waals surface area contributed by atoms with Crippen LogP contribution in [0.4, 0.5) is 5.69 Å². The summed E-state index contributed by atoms with van der Waals surface area (Å²) in [6, 6.07) is 12.4. The number of carbonyl (C=O) groups is 2. The number of nitrogens with two attached hydrogens (primary N) is 1. The molecule has 5 nitrogen and oxygen atoms in total. The molecule has 4 N–H and O–H groups in total. The van der Waals surface area contributed by atoms with Crippen LogP contribution >= 0.6 is 11.6 Å². The number of benzene rings is 2. The van der Waals surface area contributed by atoms with Crippen molar-refractivity contribution in [3.05, 3.63) is 64.7 Å². The maximum Gasteiger partial charge on any atom is 0.339 e. The van der Waals surface area contributed by atoms with E-state index in [-0.39, 0.29) is 16.3 Å². The van der Waals surface area contributed by atoms with E-state index in [0.29, 0.717) is 5.56 Å². The Balaban J connectivity index is 2.25. The molecule has 0 aliphatic rings. The number of anilines is 1. The third kappa shape index (κ3) is 3.39. The zero-order chi connectivity index (χ0) is 15.4. The van der Waals surface area contributed by atoms with E-state index in [1.807, 2.05) is 6.07 Å². The van der Waals surface area contributed by atoms with Crippen molar-refractivity contribution >= 4 is 29.2 Å². The normalized spacial score (nSPS) is 11.7. The van der Waals surface area contributed by atoms with Crippen LogP contribution in [-0.2, 0) is 4.79 Å². The summed E-state index contributed by atoms with van der Waals surface area (Å²) in [5, 5.41) is 11.7. The first-order valence-corrected chi connectivity index (χ1v) is 6.51. The van der Waals surface area contributed by atoms with Gasteiger partial charge in [0, 0.05) is 0 Å². The molecule has 0 heterocycles. The zero-order valence-corrected chi connectivity index (χ0v) is 11.7. The number of rotatable bonds is 4. The second-order valence-electron chi connectivity index (χ2n) is 4.35. The predicted octanol–water partition coefficient (Wildman–Crippen LogP) is 2.68. The highest BCUT2D eigenvalue weighted by Gasteiger charge is 2.20. The SMILES string of the molecule is N[C@@H](C(=O)Nc1cccc(Cl)c1C(=O)O)c1ccccc1. The van der Waals surface area contributed by atoms with E-state index in [1.54, 1.807) is 30.3 Å². The summed E-state index contributed by atoms with van der Waals surface area (Å²) in [7, 11) is 0. The Kier molecular flexibility index (Phi) is 4.57. The highest BCUT2D eigenvalue weighted by molar-refractivity contribution is 6.34. The number of hydrogen-bond donors (Lipinski definition) is 3. The predicted molar refractivity (Wildman–Crippen MR) is 80.4 cm³/mol. The van der Waals surface area contributed by atoms with Crippen molar-refractivity contribution in [3.63, 3.8) is 0 Å². The highest BCUT2D eigenvalue weighted by atomic mass is 35.5. The molecule has 0 aliphatic heterocycles. The van der Waals surface area contributed by atoms with Crippen LogP contribution in [0.25, 0.3) is 0 Å². The summed E-state index contributed by atoms with van der Waals surface area (Å²) in [5.74, 6) is -1.73. The molecule has 0 saturated carbocycles. The fourth-order valence-electron chi connectivity index (χ4n) is 1.87. The smallest absolute Gasteiger partial charge is 0.339 e. The fourth-order valence-corrected chi connectivity index (χ4v) is 2.12. The van der Waals surface area contributed by atoms with Gasteiger partial charge in [-0.3, -0.25) is 4.79 Å². The lowest BCUT2D eigenvalue weighted by Crippen LogP contribution is -2.28. The summed E-state index contributed by atoms with van der Waals surface area (Å²) in [6.07, 6.45) is 0. The minimum absolute atomic E-state index is 0.0496. The monoisotopic (exact) mass is 304 g/mol. The average molecular weight is 305 g/mol. The van der Waals surface area contributed by atoms with Gasteiger partial charge in [-0.25, -0.2) is 4.79 Å². The highest BCUT2D eigenvalue weighted by Crippen LogP contribution is 2.25. The van der Waals surface area contributed by atoms with Gasteiger partial charge in [0.05, 0.1) is 10.7 Å². The van der Waals surface area contributed by atoms with Crippen LogP contribution < -0.4 is 11.1 Å². The van der Waals surface area contributed by atoms with Gasteiger partial charge in [-0.05, 0) is 17.7 Å². The van der Waals surface area contributed by atoms with Gasteiger partial charge in [-0.2, -0.15) is 0 Å². The first-order valence-electron chi connectivity index (χ1n) is 6.14. The number of amides is 1. The molecule has 0 radical (unpaired) electrons. The standard InChI is InChI=1S/C15H13ClN2O3/c16-10-7-4-8-11(12(10)15(20)21)18-14(19)13(17)9-5-2-1-3-6-9/h1-8,13H,17H2,(H,18,19)(H,20,21)/t13-/m1/s1. The van der Waals surface area contributed by atoms with Crippen molar-refractivity contribution < 1.29 is 14.7 Å². The Hall–Kier alpha value is -2.37. The van der Waals surface area contributed by atoms with Crippen molar-refractivity contribution in [3.8, 4) is 0 Å².